The summed E-state index contributed by atoms with van der Waals surface area (Å²) in [7, 11) is 0. The van der Waals surface area contributed by atoms with E-state index < -0.39 is 0 Å². The van der Waals surface area contributed by atoms with Crippen LogP contribution in [-0.4, -0.2) is 68.7 Å². The zero-order valence-electron chi connectivity index (χ0n) is 24.3. The van der Waals surface area contributed by atoms with Crippen molar-refractivity contribution >= 4 is 22.2 Å². The highest BCUT2D eigenvalue weighted by Crippen LogP contribution is 2.42. The molecular weight excluding hydrogens is 520 g/mol. The summed E-state index contributed by atoms with van der Waals surface area (Å²) in [5.74, 6) is 0.0798. The first-order chi connectivity index (χ1) is 19.3. The minimum absolute atomic E-state index is 0.0798. The number of aromatic amines is 1. The summed E-state index contributed by atoms with van der Waals surface area (Å²) in [6.07, 6.45) is 10.6. The molecule has 2 fully saturated rings. The van der Waals surface area contributed by atoms with Gasteiger partial charge >= 0.3 is 0 Å². The lowest BCUT2D eigenvalue weighted by Gasteiger charge is -2.47. The third kappa shape index (κ3) is 5.02. The van der Waals surface area contributed by atoms with E-state index in [-0.39, 0.29) is 11.5 Å². The molecular formula is C31H42N6O2S. The van der Waals surface area contributed by atoms with Crippen LogP contribution in [0.4, 0.5) is 5.00 Å². The van der Waals surface area contributed by atoms with Gasteiger partial charge in [-0.05, 0) is 89.5 Å². The Bertz CT molecular complexity index is 1410. The lowest BCUT2D eigenvalue weighted by molar-refractivity contribution is 0.0334. The molecule has 214 valence electrons. The minimum atomic E-state index is -0.0830. The third-order valence-corrected chi connectivity index (χ3v) is 10.8. The molecule has 9 heteroatoms. The monoisotopic (exact) mass is 562 g/mol. The zero-order valence-corrected chi connectivity index (χ0v) is 25.1. The second-order valence-corrected chi connectivity index (χ2v) is 13.0. The number of likely N-dealkylation sites (tertiary alicyclic amines) is 1. The Labute approximate surface area is 241 Å². The van der Waals surface area contributed by atoms with Crippen LogP contribution < -0.4 is 10.5 Å². The van der Waals surface area contributed by atoms with Crippen LogP contribution in [0.5, 0.6) is 0 Å². The molecule has 1 amide bonds. The van der Waals surface area contributed by atoms with Crippen LogP contribution in [0.3, 0.4) is 0 Å². The van der Waals surface area contributed by atoms with Crippen LogP contribution in [0.15, 0.2) is 29.3 Å². The largest absolute Gasteiger partial charge is 0.361 e. The normalized spacial score (nSPS) is 22.2. The summed E-state index contributed by atoms with van der Waals surface area (Å²) >= 11 is 1.83. The maximum atomic E-state index is 13.9. The third-order valence-electron chi connectivity index (χ3n) is 9.38. The number of amides is 1. The van der Waals surface area contributed by atoms with Gasteiger partial charge in [-0.25, -0.2) is 0 Å². The summed E-state index contributed by atoms with van der Waals surface area (Å²) in [4.78, 5) is 37.9. The fourth-order valence-corrected chi connectivity index (χ4v) is 8.63. The van der Waals surface area contributed by atoms with Crippen molar-refractivity contribution in [1.82, 2.24) is 24.6 Å². The Hall–Kier alpha value is -2.91. The number of carbonyl (C=O) groups is 1. The molecule has 1 N–H and O–H groups in total. The molecule has 40 heavy (non-hydrogen) atoms. The maximum absolute atomic E-state index is 13.9. The molecule has 0 bridgehead atoms. The molecule has 0 unspecified atom stereocenters. The van der Waals surface area contributed by atoms with Gasteiger partial charge in [-0.1, -0.05) is 0 Å². The molecule has 3 aromatic heterocycles. The number of hydrogen-bond acceptors (Lipinski definition) is 6. The number of thiophene rings is 1. The lowest BCUT2D eigenvalue weighted by atomic mass is 9.87. The van der Waals surface area contributed by atoms with Crippen molar-refractivity contribution in [2.45, 2.75) is 90.9 Å². The van der Waals surface area contributed by atoms with E-state index in [1.54, 1.807) is 0 Å². The average Bonchev–Trinajstić information content (AvgIpc) is 3.50. The molecule has 1 aliphatic carbocycles. The fourth-order valence-electron chi connectivity index (χ4n) is 7.15. The maximum Gasteiger partial charge on any atom is 0.255 e. The Balaban J connectivity index is 1.14. The highest BCUT2D eigenvalue weighted by atomic mass is 32.1. The summed E-state index contributed by atoms with van der Waals surface area (Å²) < 4.78 is 2.10. The highest BCUT2D eigenvalue weighted by Gasteiger charge is 2.37. The Morgan fingerprint density at radius 2 is 1.88 bits per heavy atom. The Morgan fingerprint density at radius 3 is 2.55 bits per heavy atom. The number of H-pyrrole nitrogens is 1. The standard InChI is InChI=1S/C31H42N6O2S/c1-5-36(24-11-9-23(10-12-24)35-17-25(18-35)37-15-7-13-32-37)31-22(4)28-27(40-31)8-6-14-34(30(28)39)19-26-20(2)16-21(3)33-29(26)38/h7,13,15-16,23-25H,5-6,8-12,14,17-19H2,1-4H3,(H,33,38). The van der Waals surface area contributed by atoms with E-state index in [4.69, 9.17) is 0 Å². The first-order valence-corrected chi connectivity index (χ1v) is 15.8. The Kier molecular flexibility index (Phi) is 7.61. The number of carbonyl (C=O) groups excluding carboxylic acids is 1. The van der Waals surface area contributed by atoms with Crippen LogP contribution in [0.2, 0.25) is 0 Å². The molecule has 0 aromatic carbocycles. The van der Waals surface area contributed by atoms with Crippen molar-refractivity contribution in [3.8, 4) is 0 Å². The predicted molar refractivity (Wildman–Crippen MR) is 161 cm³/mol. The number of aryl methyl sites for hydroxylation is 3. The molecule has 0 atom stereocenters. The van der Waals surface area contributed by atoms with Crippen LogP contribution in [0.1, 0.15) is 82.7 Å². The smallest absolute Gasteiger partial charge is 0.255 e. The summed E-state index contributed by atoms with van der Waals surface area (Å²) in [6, 6.07) is 5.72. The average molecular weight is 563 g/mol. The van der Waals surface area contributed by atoms with E-state index in [1.165, 1.54) is 35.6 Å². The van der Waals surface area contributed by atoms with E-state index in [0.29, 0.717) is 36.8 Å². The number of nitrogens with zero attached hydrogens (tertiary/aromatic N) is 5. The topological polar surface area (TPSA) is 77.5 Å². The molecule has 5 heterocycles. The highest BCUT2D eigenvalue weighted by molar-refractivity contribution is 7.16. The van der Waals surface area contributed by atoms with Crippen molar-refractivity contribution < 1.29 is 4.79 Å². The molecule has 2 aliphatic heterocycles. The molecule has 1 saturated carbocycles. The fraction of sp³-hybridized carbons (Fsp3) is 0.581. The second-order valence-electron chi connectivity index (χ2n) is 11.9. The van der Waals surface area contributed by atoms with E-state index in [9.17, 15) is 9.59 Å². The molecule has 0 spiro atoms. The summed E-state index contributed by atoms with van der Waals surface area (Å²) in [5.41, 5.74) is 4.42. The van der Waals surface area contributed by atoms with E-state index >= 15 is 0 Å². The van der Waals surface area contributed by atoms with Gasteiger partial charge in [-0.3, -0.25) is 19.2 Å². The lowest BCUT2D eigenvalue weighted by Crippen LogP contribution is -2.54. The van der Waals surface area contributed by atoms with Crippen molar-refractivity contribution in [2.75, 3.05) is 31.1 Å². The first-order valence-electron chi connectivity index (χ1n) is 14.9. The molecule has 8 nitrogen and oxygen atoms in total. The van der Waals surface area contributed by atoms with Gasteiger partial charge < -0.3 is 14.8 Å². The van der Waals surface area contributed by atoms with Crippen LogP contribution in [-0.2, 0) is 13.0 Å². The number of pyridine rings is 1. The van der Waals surface area contributed by atoms with E-state index in [1.807, 2.05) is 48.4 Å². The van der Waals surface area contributed by atoms with Gasteiger partial charge in [-0.15, -0.1) is 11.3 Å². The second kappa shape index (κ2) is 11.2. The number of aromatic nitrogens is 3. The van der Waals surface area contributed by atoms with Crippen LogP contribution in [0.25, 0.3) is 0 Å². The van der Waals surface area contributed by atoms with Gasteiger partial charge in [0.25, 0.3) is 11.5 Å². The number of hydrogen-bond donors (Lipinski definition) is 1. The Morgan fingerprint density at radius 1 is 1.10 bits per heavy atom. The molecule has 0 radical (unpaired) electrons. The zero-order chi connectivity index (χ0) is 28.0. The van der Waals surface area contributed by atoms with E-state index in [2.05, 4.69) is 44.6 Å². The van der Waals surface area contributed by atoms with Gasteiger partial charge in [0.05, 0.1) is 23.2 Å². The van der Waals surface area contributed by atoms with Crippen molar-refractivity contribution in [2.24, 2.45) is 0 Å². The van der Waals surface area contributed by atoms with Crippen molar-refractivity contribution in [1.29, 1.82) is 0 Å². The molecule has 6 rings (SSSR count). The summed E-state index contributed by atoms with van der Waals surface area (Å²) in [5, 5.41) is 5.70. The minimum Gasteiger partial charge on any atom is -0.361 e. The van der Waals surface area contributed by atoms with Gasteiger partial charge in [0, 0.05) is 66.8 Å². The van der Waals surface area contributed by atoms with Crippen molar-refractivity contribution in [3.05, 3.63) is 67.7 Å². The number of fused-ring (bicyclic) bond motifs is 1. The van der Waals surface area contributed by atoms with E-state index in [0.717, 1.165) is 54.9 Å². The quantitative estimate of drug-likeness (QED) is 0.446. The number of anilines is 1. The van der Waals surface area contributed by atoms with Gasteiger partial charge in [-0.2, -0.15) is 5.10 Å². The predicted octanol–water partition coefficient (Wildman–Crippen LogP) is 4.84. The molecule has 3 aliphatic rings. The van der Waals surface area contributed by atoms with Gasteiger partial charge in [0.2, 0.25) is 0 Å². The molecule has 3 aromatic rings. The molecule has 1 saturated heterocycles. The van der Waals surface area contributed by atoms with Crippen LogP contribution >= 0.6 is 11.3 Å². The van der Waals surface area contributed by atoms with Gasteiger partial charge in [0.1, 0.15) is 0 Å². The summed E-state index contributed by atoms with van der Waals surface area (Å²) in [6.45, 7) is 12.5. The number of rotatable bonds is 7. The van der Waals surface area contributed by atoms with Gasteiger partial charge in [0.15, 0.2) is 0 Å². The van der Waals surface area contributed by atoms with Crippen molar-refractivity contribution in [3.63, 3.8) is 0 Å². The first kappa shape index (κ1) is 27.3. The number of nitrogens with one attached hydrogen (secondary N) is 1. The SMILES string of the molecule is CCN(c1sc2c(c1C)C(=O)N(Cc1c(C)cc(C)[nH]c1=O)CCC2)C1CCC(N2CC(n3cccn3)C2)CC1. The van der Waals surface area contributed by atoms with Crippen LogP contribution in [0, 0.1) is 20.8 Å².